The molecule has 1 fully saturated rings. The van der Waals surface area contributed by atoms with E-state index >= 15 is 0 Å². The molecule has 2 aromatic rings. The fraction of sp³-hybridized carbons (Fsp3) is 0.400. The molecule has 0 spiro atoms. The van der Waals surface area contributed by atoms with Crippen LogP contribution in [0.1, 0.15) is 35.4 Å². The van der Waals surface area contributed by atoms with Crippen LogP contribution >= 0.6 is 0 Å². The molecule has 7 heteroatoms. The third-order valence-electron chi connectivity index (χ3n) is 4.58. The Hall–Kier alpha value is -2.67. The van der Waals surface area contributed by atoms with E-state index in [-0.39, 0.29) is 36.6 Å². The van der Waals surface area contributed by atoms with Crippen molar-refractivity contribution in [3.8, 4) is 0 Å². The Morgan fingerprint density at radius 2 is 2.11 bits per heavy atom. The van der Waals surface area contributed by atoms with Crippen molar-refractivity contribution in [2.45, 2.75) is 32.3 Å². The van der Waals surface area contributed by atoms with Gasteiger partial charge in [0, 0.05) is 26.1 Å². The number of aryl methyl sites for hydroxylation is 1. The van der Waals surface area contributed by atoms with Gasteiger partial charge in [0.05, 0.1) is 23.6 Å². The van der Waals surface area contributed by atoms with Crippen molar-refractivity contribution < 1.29 is 23.1 Å². The first kappa shape index (κ1) is 19.1. The molecule has 0 saturated carbocycles. The second-order valence-electron chi connectivity index (χ2n) is 6.55. The lowest BCUT2D eigenvalue weighted by atomic mass is 10.1. The third-order valence-corrected chi connectivity index (χ3v) is 4.58. The second kappa shape index (κ2) is 8.81. The molecule has 1 aliphatic rings. The van der Waals surface area contributed by atoms with Gasteiger partial charge in [-0.15, -0.1) is 0 Å². The minimum Gasteiger partial charge on any atom is -0.469 e. The second-order valence-corrected chi connectivity index (χ2v) is 6.55. The van der Waals surface area contributed by atoms with Crippen molar-refractivity contribution in [2.75, 3.05) is 25.0 Å². The molecule has 1 aliphatic heterocycles. The molecule has 2 amide bonds. The minimum absolute atomic E-state index is 0.0317. The zero-order valence-electron chi connectivity index (χ0n) is 15.2. The van der Waals surface area contributed by atoms with E-state index in [0.29, 0.717) is 24.5 Å². The van der Waals surface area contributed by atoms with E-state index in [1.165, 1.54) is 18.4 Å². The molecule has 1 aromatic carbocycles. The Labute approximate surface area is 157 Å². The van der Waals surface area contributed by atoms with Crippen LogP contribution in [0, 0.1) is 12.7 Å². The minimum atomic E-state index is -0.493. The zero-order chi connectivity index (χ0) is 19.2. The summed E-state index contributed by atoms with van der Waals surface area (Å²) in [5, 5.41) is 2.54. The van der Waals surface area contributed by atoms with E-state index in [4.69, 9.17) is 9.15 Å². The summed E-state index contributed by atoms with van der Waals surface area (Å²) < 4.78 is 24.5. The van der Waals surface area contributed by atoms with Crippen LogP contribution in [0.4, 0.5) is 10.1 Å². The molecule has 1 atom stereocenters. The van der Waals surface area contributed by atoms with E-state index in [0.717, 1.165) is 12.8 Å². The lowest BCUT2D eigenvalue weighted by molar-refractivity contribution is -0.116. The van der Waals surface area contributed by atoms with E-state index < -0.39 is 5.82 Å². The average molecular weight is 374 g/mol. The van der Waals surface area contributed by atoms with Gasteiger partial charge in [-0.3, -0.25) is 9.59 Å². The molecule has 1 aromatic heterocycles. The first-order valence-electron chi connectivity index (χ1n) is 9.04. The Kier molecular flexibility index (Phi) is 6.24. The van der Waals surface area contributed by atoms with E-state index in [1.807, 2.05) is 0 Å². The maximum Gasteiger partial charge on any atom is 0.257 e. The number of furan rings is 1. The van der Waals surface area contributed by atoms with Gasteiger partial charge in [-0.05, 0) is 38.0 Å². The van der Waals surface area contributed by atoms with Crippen LogP contribution < -0.4 is 5.32 Å². The van der Waals surface area contributed by atoms with Gasteiger partial charge in [-0.25, -0.2) is 4.39 Å². The van der Waals surface area contributed by atoms with Crippen LogP contribution in [0.2, 0.25) is 0 Å². The topological polar surface area (TPSA) is 71.8 Å². The Morgan fingerprint density at radius 1 is 1.30 bits per heavy atom. The summed E-state index contributed by atoms with van der Waals surface area (Å²) in [5.41, 5.74) is 0.604. The smallest absolute Gasteiger partial charge is 0.257 e. The van der Waals surface area contributed by atoms with Crippen molar-refractivity contribution in [3.05, 3.63) is 53.7 Å². The van der Waals surface area contributed by atoms with Crippen molar-refractivity contribution in [1.29, 1.82) is 0 Å². The number of benzene rings is 1. The maximum absolute atomic E-state index is 13.7. The Bertz CT molecular complexity index is 799. The summed E-state index contributed by atoms with van der Waals surface area (Å²) in [6.45, 7) is 3.04. The highest BCUT2D eigenvalue weighted by molar-refractivity contribution is 5.96. The normalized spacial score (nSPS) is 16.3. The van der Waals surface area contributed by atoms with Crippen LogP contribution in [0.25, 0.3) is 0 Å². The number of ether oxygens (including phenoxy) is 1. The van der Waals surface area contributed by atoms with Gasteiger partial charge in [0.15, 0.2) is 0 Å². The summed E-state index contributed by atoms with van der Waals surface area (Å²) in [4.78, 5) is 26.7. The predicted molar refractivity (Wildman–Crippen MR) is 98.0 cm³/mol. The zero-order valence-corrected chi connectivity index (χ0v) is 15.2. The molecule has 0 bridgehead atoms. The van der Waals surface area contributed by atoms with Crippen molar-refractivity contribution in [1.82, 2.24) is 4.90 Å². The predicted octanol–water partition coefficient (Wildman–Crippen LogP) is 3.38. The number of carbonyl (C=O) groups is 2. The summed E-state index contributed by atoms with van der Waals surface area (Å²) in [7, 11) is 0. The van der Waals surface area contributed by atoms with Crippen LogP contribution in [-0.2, 0) is 9.53 Å². The standard InChI is InChI=1S/C20H23FN2O4/c1-14-16(9-12-26-14)20(25)23(13-15-5-4-11-27-15)10-8-19(24)22-18-7-3-2-6-17(18)21/h2-3,6-7,9,12,15H,4-5,8,10-11,13H2,1H3,(H,22,24). The van der Waals surface area contributed by atoms with Crippen LogP contribution in [0.15, 0.2) is 41.0 Å². The lowest BCUT2D eigenvalue weighted by Gasteiger charge is -2.25. The molecule has 0 radical (unpaired) electrons. The number of amides is 2. The Morgan fingerprint density at radius 3 is 2.78 bits per heavy atom. The van der Waals surface area contributed by atoms with E-state index in [1.54, 1.807) is 30.0 Å². The SMILES string of the molecule is Cc1occc1C(=O)N(CCC(=O)Nc1ccccc1F)CC1CCCO1. The molecule has 3 rings (SSSR count). The number of hydrogen-bond donors (Lipinski definition) is 1. The number of rotatable bonds is 7. The van der Waals surface area contributed by atoms with Gasteiger partial charge in [-0.1, -0.05) is 12.1 Å². The summed E-state index contributed by atoms with van der Waals surface area (Å²) in [6.07, 6.45) is 3.35. The number of nitrogens with zero attached hydrogens (tertiary/aromatic N) is 1. The van der Waals surface area contributed by atoms with E-state index in [9.17, 15) is 14.0 Å². The van der Waals surface area contributed by atoms with Gasteiger partial charge in [0.2, 0.25) is 5.91 Å². The van der Waals surface area contributed by atoms with Crippen LogP contribution in [0.5, 0.6) is 0 Å². The van der Waals surface area contributed by atoms with Gasteiger partial charge < -0.3 is 19.4 Å². The molecular formula is C20H23FN2O4. The number of para-hydroxylation sites is 1. The maximum atomic E-state index is 13.7. The fourth-order valence-corrected chi connectivity index (χ4v) is 3.10. The number of anilines is 1. The quantitative estimate of drug-likeness (QED) is 0.807. The highest BCUT2D eigenvalue weighted by atomic mass is 19.1. The van der Waals surface area contributed by atoms with Gasteiger partial charge >= 0.3 is 0 Å². The lowest BCUT2D eigenvalue weighted by Crippen LogP contribution is -2.39. The van der Waals surface area contributed by atoms with Gasteiger partial charge in [0.1, 0.15) is 11.6 Å². The number of hydrogen-bond acceptors (Lipinski definition) is 4. The highest BCUT2D eigenvalue weighted by Gasteiger charge is 2.25. The molecule has 2 heterocycles. The summed E-state index contributed by atoms with van der Waals surface area (Å²) >= 11 is 0. The van der Waals surface area contributed by atoms with Crippen LogP contribution in [-0.4, -0.2) is 42.5 Å². The molecule has 0 aliphatic carbocycles. The monoisotopic (exact) mass is 374 g/mol. The molecule has 6 nitrogen and oxygen atoms in total. The fourth-order valence-electron chi connectivity index (χ4n) is 3.10. The first-order chi connectivity index (χ1) is 13.0. The number of carbonyl (C=O) groups excluding carboxylic acids is 2. The molecule has 1 N–H and O–H groups in total. The van der Waals surface area contributed by atoms with Crippen molar-refractivity contribution in [3.63, 3.8) is 0 Å². The largest absolute Gasteiger partial charge is 0.469 e. The van der Waals surface area contributed by atoms with Gasteiger partial charge in [0.25, 0.3) is 5.91 Å². The van der Waals surface area contributed by atoms with Crippen molar-refractivity contribution >= 4 is 17.5 Å². The summed E-state index contributed by atoms with van der Waals surface area (Å²) in [5.74, 6) is -0.509. The third kappa shape index (κ3) is 4.95. The first-order valence-corrected chi connectivity index (χ1v) is 9.04. The van der Waals surface area contributed by atoms with Gasteiger partial charge in [-0.2, -0.15) is 0 Å². The number of halogens is 1. The molecular weight excluding hydrogens is 351 g/mol. The van der Waals surface area contributed by atoms with E-state index in [2.05, 4.69) is 5.32 Å². The molecule has 144 valence electrons. The average Bonchev–Trinajstić information content (AvgIpc) is 3.31. The number of nitrogens with one attached hydrogen (secondary N) is 1. The molecule has 27 heavy (non-hydrogen) atoms. The Balaban J connectivity index is 1.63. The highest BCUT2D eigenvalue weighted by Crippen LogP contribution is 2.18. The summed E-state index contributed by atoms with van der Waals surface area (Å²) in [6, 6.07) is 7.61. The molecule has 1 unspecified atom stereocenters. The van der Waals surface area contributed by atoms with Crippen molar-refractivity contribution in [2.24, 2.45) is 0 Å². The molecule has 1 saturated heterocycles. The van der Waals surface area contributed by atoms with Crippen LogP contribution in [0.3, 0.4) is 0 Å².